The standard InChI is InChI=1S/C17H15N3O2S/c1-19(2)14-9-7-12(11-15(14)20(21)22)8-10-17-18-13-5-3-4-6-16(13)23-17/h3-11H,1-2H3. The Balaban J connectivity index is 1.92. The molecule has 5 nitrogen and oxygen atoms in total. The van der Waals surface area contributed by atoms with E-state index >= 15 is 0 Å². The lowest BCUT2D eigenvalue weighted by molar-refractivity contribution is -0.384. The first-order chi connectivity index (χ1) is 11.0. The average molecular weight is 325 g/mol. The Morgan fingerprint density at radius 3 is 2.65 bits per heavy atom. The second kappa shape index (κ2) is 6.18. The molecule has 0 bridgehead atoms. The van der Waals surface area contributed by atoms with Crippen LogP contribution in [0.3, 0.4) is 0 Å². The highest BCUT2D eigenvalue weighted by molar-refractivity contribution is 7.19. The van der Waals surface area contributed by atoms with Gasteiger partial charge in [-0.2, -0.15) is 0 Å². The molecule has 0 radical (unpaired) electrons. The molecular weight excluding hydrogens is 310 g/mol. The quantitative estimate of drug-likeness (QED) is 0.525. The van der Waals surface area contributed by atoms with E-state index in [1.165, 1.54) is 0 Å². The number of para-hydroxylation sites is 1. The van der Waals surface area contributed by atoms with Crippen LogP contribution in [0.2, 0.25) is 0 Å². The number of anilines is 1. The van der Waals surface area contributed by atoms with Gasteiger partial charge in [0.05, 0.1) is 15.1 Å². The van der Waals surface area contributed by atoms with Crippen molar-refractivity contribution in [3.63, 3.8) is 0 Å². The minimum atomic E-state index is -0.357. The van der Waals surface area contributed by atoms with Gasteiger partial charge in [0.2, 0.25) is 0 Å². The summed E-state index contributed by atoms with van der Waals surface area (Å²) in [7, 11) is 3.58. The molecule has 3 rings (SSSR count). The van der Waals surface area contributed by atoms with Crippen LogP contribution in [-0.2, 0) is 0 Å². The van der Waals surface area contributed by atoms with Gasteiger partial charge in [-0.25, -0.2) is 4.98 Å². The number of thiazole rings is 1. The zero-order valence-corrected chi connectivity index (χ0v) is 13.6. The van der Waals surface area contributed by atoms with E-state index in [2.05, 4.69) is 4.98 Å². The molecule has 3 aromatic rings. The molecule has 116 valence electrons. The second-order valence-electron chi connectivity index (χ2n) is 5.25. The Kier molecular flexibility index (Phi) is 4.08. The Bertz CT molecular complexity index is 867. The van der Waals surface area contributed by atoms with E-state index in [9.17, 15) is 10.1 Å². The fourth-order valence-electron chi connectivity index (χ4n) is 2.30. The highest BCUT2D eigenvalue weighted by Crippen LogP contribution is 2.29. The molecule has 2 aromatic carbocycles. The van der Waals surface area contributed by atoms with Gasteiger partial charge >= 0.3 is 0 Å². The van der Waals surface area contributed by atoms with Crippen LogP contribution in [0.4, 0.5) is 11.4 Å². The van der Waals surface area contributed by atoms with Gasteiger partial charge in [0.1, 0.15) is 10.7 Å². The topological polar surface area (TPSA) is 59.3 Å². The molecule has 0 aliphatic carbocycles. The van der Waals surface area contributed by atoms with Crippen molar-refractivity contribution >= 4 is 45.1 Å². The number of hydrogen-bond acceptors (Lipinski definition) is 5. The van der Waals surface area contributed by atoms with Gasteiger partial charge < -0.3 is 4.90 Å². The maximum Gasteiger partial charge on any atom is 0.293 e. The maximum absolute atomic E-state index is 11.2. The minimum Gasteiger partial charge on any atom is -0.372 e. The molecule has 0 amide bonds. The second-order valence-corrected chi connectivity index (χ2v) is 6.32. The third-order valence-electron chi connectivity index (χ3n) is 3.41. The molecule has 0 N–H and O–H groups in total. The molecule has 1 aromatic heterocycles. The molecule has 0 aliphatic heterocycles. The normalized spacial score (nSPS) is 11.2. The number of rotatable bonds is 4. The number of nitro groups is 1. The molecule has 0 fully saturated rings. The van der Waals surface area contributed by atoms with E-state index in [0.717, 1.165) is 20.8 Å². The van der Waals surface area contributed by atoms with Crippen molar-refractivity contribution in [2.75, 3.05) is 19.0 Å². The lowest BCUT2D eigenvalue weighted by atomic mass is 10.1. The summed E-state index contributed by atoms with van der Waals surface area (Å²) in [5, 5.41) is 12.1. The van der Waals surface area contributed by atoms with Gasteiger partial charge in [-0.15, -0.1) is 11.3 Å². The molecule has 0 unspecified atom stereocenters. The highest BCUT2D eigenvalue weighted by Gasteiger charge is 2.15. The summed E-state index contributed by atoms with van der Waals surface area (Å²) < 4.78 is 1.13. The number of fused-ring (bicyclic) bond motifs is 1. The largest absolute Gasteiger partial charge is 0.372 e. The summed E-state index contributed by atoms with van der Waals surface area (Å²) in [5.41, 5.74) is 2.43. The van der Waals surface area contributed by atoms with E-state index in [-0.39, 0.29) is 10.6 Å². The third kappa shape index (κ3) is 3.22. The number of hydrogen-bond donors (Lipinski definition) is 0. The lowest BCUT2D eigenvalue weighted by Gasteiger charge is -2.12. The van der Waals surface area contributed by atoms with Crippen molar-refractivity contribution in [1.29, 1.82) is 0 Å². The van der Waals surface area contributed by atoms with E-state index in [1.54, 1.807) is 42.5 Å². The molecule has 0 spiro atoms. The van der Waals surface area contributed by atoms with Crippen molar-refractivity contribution in [3.05, 3.63) is 63.1 Å². The Morgan fingerprint density at radius 1 is 1.17 bits per heavy atom. The first-order valence-electron chi connectivity index (χ1n) is 7.04. The predicted molar refractivity (Wildman–Crippen MR) is 96.0 cm³/mol. The van der Waals surface area contributed by atoms with E-state index in [1.807, 2.05) is 42.5 Å². The Morgan fingerprint density at radius 2 is 1.96 bits per heavy atom. The lowest BCUT2D eigenvalue weighted by Crippen LogP contribution is -2.10. The molecule has 1 heterocycles. The highest BCUT2D eigenvalue weighted by atomic mass is 32.1. The van der Waals surface area contributed by atoms with Crippen LogP contribution in [0.1, 0.15) is 10.6 Å². The summed E-state index contributed by atoms with van der Waals surface area (Å²) in [6.45, 7) is 0. The van der Waals surface area contributed by atoms with Crippen molar-refractivity contribution in [1.82, 2.24) is 4.98 Å². The van der Waals surface area contributed by atoms with Crippen LogP contribution >= 0.6 is 11.3 Å². The number of benzene rings is 2. The van der Waals surface area contributed by atoms with Gasteiger partial charge in [0.15, 0.2) is 0 Å². The molecular formula is C17H15N3O2S. The van der Waals surface area contributed by atoms with Gasteiger partial charge in [-0.05, 0) is 29.8 Å². The van der Waals surface area contributed by atoms with Crippen molar-refractivity contribution in [3.8, 4) is 0 Å². The van der Waals surface area contributed by atoms with Gasteiger partial charge in [0.25, 0.3) is 5.69 Å². The van der Waals surface area contributed by atoms with Crippen LogP contribution in [0, 0.1) is 10.1 Å². The van der Waals surface area contributed by atoms with Crippen molar-refractivity contribution in [2.24, 2.45) is 0 Å². The van der Waals surface area contributed by atoms with Crippen LogP contribution in [0.25, 0.3) is 22.4 Å². The summed E-state index contributed by atoms with van der Waals surface area (Å²) in [5.74, 6) is 0. The summed E-state index contributed by atoms with van der Waals surface area (Å²) >= 11 is 1.60. The monoisotopic (exact) mass is 325 g/mol. The van der Waals surface area contributed by atoms with Crippen LogP contribution in [0.15, 0.2) is 42.5 Å². The zero-order chi connectivity index (χ0) is 16.4. The number of nitro benzene ring substituents is 1. The average Bonchev–Trinajstić information content (AvgIpc) is 2.95. The first-order valence-corrected chi connectivity index (χ1v) is 7.85. The molecule has 0 atom stereocenters. The number of nitrogens with zero attached hydrogens (tertiary/aromatic N) is 3. The van der Waals surface area contributed by atoms with E-state index < -0.39 is 0 Å². The molecule has 0 aliphatic rings. The molecule has 23 heavy (non-hydrogen) atoms. The Hall–Kier alpha value is -2.73. The minimum absolute atomic E-state index is 0.0986. The van der Waals surface area contributed by atoms with Crippen LogP contribution in [0.5, 0.6) is 0 Å². The fraction of sp³-hybridized carbons (Fsp3) is 0.118. The van der Waals surface area contributed by atoms with Crippen LogP contribution < -0.4 is 4.90 Å². The van der Waals surface area contributed by atoms with Gasteiger partial charge in [0, 0.05) is 20.2 Å². The zero-order valence-electron chi connectivity index (χ0n) is 12.8. The first kappa shape index (κ1) is 15.2. The van der Waals surface area contributed by atoms with E-state index in [0.29, 0.717) is 5.69 Å². The SMILES string of the molecule is CN(C)c1ccc(C=Cc2nc3ccccc3s2)cc1[N+](=O)[O-]. The predicted octanol–water partition coefficient (Wildman–Crippen LogP) is 4.44. The fourth-order valence-corrected chi connectivity index (χ4v) is 3.17. The summed E-state index contributed by atoms with van der Waals surface area (Å²) in [6, 6.07) is 13.2. The summed E-state index contributed by atoms with van der Waals surface area (Å²) in [4.78, 5) is 17.1. The Labute approximate surface area is 137 Å². The number of aromatic nitrogens is 1. The smallest absolute Gasteiger partial charge is 0.293 e. The molecule has 0 saturated carbocycles. The van der Waals surface area contributed by atoms with Crippen molar-refractivity contribution in [2.45, 2.75) is 0 Å². The van der Waals surface area contributed by atoms with Gasteiger partial charge in [-0.1, -0.05) is 24.3 Å². The molecule has 6 heteroatoms. The third-order valence-corrected chi connectivity index (χ3v) is 4.41. The summed E-state index contributed by atoms with van der Waals surface area (Å²) in [6.07, 6.45) is 3.74. The van der Waals surface area contributed by atoms with Gasteiger partial charge in [-0.3, -0.25) is 10.1 Å². The van der Waals surface area contributed by atoms with E-state index in [4.69, 9.17) is 0 Å². The maximum atomic E-state index is 11.2. The van der Waals surface area contributed by atoms with Crippen LogP contribution in [-0.4, -0.2) is 24.0 Å². The van der Waals surface area contributed by atoms with Crippen molar-refractivity contribution < 1.29 is 4.92 Å². The molecule has 0 saturated heterocycles.